The first-order valence-corrected chi connectivity index (χ1v) is 8.26. The SMILES string of the molecule is CCN1CC(COC(=O)C2CNNC2c2ccc(F)cc2)CC1=O. The van der Waals surface area contributed by atoms with Crippen molar-refractivity contribution in [3.63, 3.8) is 0 Å². The van der Waals surface area contributed by atoms with E-state index < -0.39 is 0 Å². The molecule has 0 aromatic heterocycles. The van der Waals surface area contributed by atoms with Crippen molar-refractivity contribution in [3.05, 3.63) is 35.6 Å². The van der Waals surface area contributed by atoms with E-state index in [1.807, 2.05) is 6.92 Å². The van der Waals surface area contributed by atoms with E-state index in [1.54, 1.807) is 17.0 Å². The fourth-order valence-electron chi connectivity index (χ4n) is 3.28. The van der Waals surface area contributed by atoms with Gasteiger partial charge in [-0.05, 0) is 24.6 Å². The summed E-state index contributed by atoms with van der Waals surface area (Å²) in [7, 11) is 0. The average Bonchev–Trinajstić information content (AvgIpc) is 3.20. The van der Waals surface area contributed by atoms with Crippen LogP contribution in [0.4, 0.5) is 4.39 Å². The first-order chi connectivity index (χ1) is 11.6. The first-order valence-electron chi connectivity index (χ1n) is 8.26. The van der Waals surface area contributed by atoms with Crippen LogP contribution in [-0.2, 0) is 14.3 Å². The van der Waals surface area contributed by atoms with Crippen molar-refractivity contribution in [1.29, 1.82) is 0 Å². The quantitative estimate of drug-likeness (QED) is 0.786. The fourth-order valence-corrected chi connectivity index (χ4v) is 3.28. The fraction of sp³-hybridized carbons (Fsp3) is 0.529. The van der Waals surface area contributed by atoms with Crippen LogP contribution in [-0.4, -0.2) is 43.0 Å². The van der Waals surface area contributed by atoms with Crippen LogP contribution in [0.2, 0.25) is 0 Å². The lowest BCUT2D eigenvalue weighted by Gasteiger charge is -2.19. The van der Waals surface area contributed by atoms with Gasteiger partial charge in [-0.25, -0.2) is 9.82 Å². The molecule has 0 spiro atoms. The van der Waals surface area contributed by atoms with Gasteiger partial charge in [-0.15, -0.1) is 0 Å². The van der Waals surface area contributed by atoms with Crippen LogP contribution in [0.1, 0.15) is 24.9 Å². The maximum atomic E-state index is 13.1. The highest BCUT2D eigenvalue weighted by Crippen LogP contribution is 2.27. The number of likely N-dealkylation sites (tertiary alicyclic amines) is 1. The Bertz CT molecular complexity index is 608. The van der Waals surface area contributed by atoms with Crippen molar-refractivity contribution in [2.45, 2.75) is 19.4 Å². The normalized spacial score (nSPS) is 26.8. The van der Waals surface area contributed by atoms with E-state index in [2.05, 4.69) is 10.9 Å². The van der Waals surface area contributed by atoms with Gasteiger partial charge in [0.15, 0.2) is 0 Å². The summed E-state index contributed by atoms with van der Waals surface area (Å²) in [5.41, 5.74) is 6.83. The molecule has 1 aromatic rings. The second kappa shape index (κ2) is 7.27. The van der Waals surface area contributed by atoms with Crippen LogP contribution in [0.15, 0.2) is 24.3 Å². The second-order valence-electron chi connectivity index (χ2n) is 6.29. The first kappa shape index (κ1) is 16.9. The zero-order valence-electron chi connectivity index (χ0n) is 13.6. The van der Waals surface area contributed by atoms with Crippen LogP contribution in [0.3, 0.4) is 0 Å². The van der Waals surface area contributed by atoms with Crippen molar-refractivity contribution in [3.8, 4) is 0 Å². The van der Waals surface area contributed by atoms with Crippen molar-refractivity contribution in [2.24, 2.45) is 11.8 Å². The number of hydrogen-bond acceptors (Lipinski definition) is 5. The molecule has 2 N–H and O–H groups in total. The van der Waals surface area contributed by atoms with E-state index in [1.165, 1.54) is 12.1 Å². The number of nitrogens with zero attached hydrogens (tertiary/aromatic N) is 1. The lowest BCUT2D eigenvalue weighted by atomic mass is 9.95. The highest BCUT2D eigenvalue weighted by atomic mass is 19.1. The van der Waals surface area contributed by atoms with Crippen LogP contribution >= 0.6 is 0 Å². The summed E-state index contributed by atoms with van der Waals surface area (Å²) < 4.78 is 18.5. The van der Waals surface area contributed by atoms with Crippen molar-refractivity contribution in [2.75, 3.05) is 26.2 Å². The monoisotopic (exact) mass is 335 g/mol. The number of carbonyl (C=O) groups excluding carboxylic acids is 2. The lowest BCUT2D eigenvalue weighted by Crippen LogP contribution is -2.29. The van der Waals surface area contributed by atoms with E-state index in [0.29, 0.717) is 26.1 Å². The summed E-state index contributed by atoms with van der Waals surface area (Å²) in [5.74, 6) is -0.811. The number of hydrazine groups is 1. The Balaban J connectivity index is 1.56. The minimum atomic E-state index is -0.380. The summed E-state index contributed by atoms with van der Waals surface area (Å²) in [4.78, 5) is 25.9. The van der Waals surface area contributed by atoms with E-state index in [0.717, 1.165) is 5.56 Å². The minimum absolute atomic E-state index is 0.0630. The number of ether oxygens (including phenoxy) is 1. The topological polar surface area (TPSA) is 70.7 Å². The van der Waals surface area contributed by atoms with Gasteiger partial charge in [-0.1, -0.05) is 12.1 Å². The predicted octanol–water partition coefficient (Wildman–Crippen LogP) is 1.00. The van der Waals surface area contributed by atoms with Gasteiger partial charge in [-0.3, -0.25) is 15.0 Å². The molecule has 3 unspecified atom stereocenters. The molecule has 0 bridgehead atoms. The Morgan fingerprint density at radius 2 is 2.12 bits per heavy atom. The number of amides is 1. The Morgan fingerprint density at radius 3 is 2.79 bits per heavy atom. The molecule has 6 nitrogen and oxygen atoms in total. The van der Waals surface area contributed by atoms with Gasteiger partial charge >= 0.3 is 5.97 Å². The standard InChI is InChI=1S/C17H22FN3O3/c1-2-21-9-11(7-15(21)22)10-24-17(23)14-8-19-20-16(14)12-3-5-13(18)6-4-12/h3-6,11,14,16,19-20H,2,7-10H2,1H3. The Hall–Kier alpha value is -1.99. The number of rotatable bonds is 5. The second-order valence-corrected chi connectivity index (χ2v) is 6.29. The molecular weight excluding hydrogens is 313 g/mol. The van der Waals surface area contributed by atoms with Gasteiger partial charge in [0.1, 0.15) is 5.82 Å². The predicted molar refractivity (Wildman–Crippen MR) is 85.1 cm³/mol. The minimum Gasteiger partial charge on any atom is -0.465 e. The Labute approximate surface area is 140 Å². The number of nitrogens with one attached hydrogen (secondary N) is 2. The molecule has 0 aliphatic carbocycles. The zero-order chi connectivity index (χ0) is 17.1. The van der Waals surface area contributed by atoms with Gasteiger partial charge < -0.3 is 9.64 Å². The van der Waals surface area contributed by atoms with E-state index in [9.17, 15) is 14.0 Å². The third-order valence-electron chi connectivity index (χ3n) is 4.65. The largest absolute Gasteiger partial charge is 0.465 e. The Morgan fingerprint density at radius 1 is 1.38 bits per heavy atom. The molecule has 7 heteroatoms. The van der Waals surface area contributed by atoms with Gasteiger partial charge in [0.2, 0.25) is 5.91 Å². The maximum Gasteiger partial charge on any atom is 0.312 e. The molecule has 2 saturated heterocycles. The van der Waals surface area contributed by atoms with Gasteiger partial charge in [0, 0.05) is 32.0 Å². The van der Waals surface area contributed by atoms with Crippen LogP contribution < -0.4 is 10.9 Å². The molecular formula is C17H22FN3O3. The van der Waals surface area contributed by atoms with E-state index >= 15 is 0 Å². The molecule has 24 heavy (non-hydrogen) atoms. The molecule has 2 aliphatic heterocycles. The molecule has 3 rings (SSSR count). The molecule has 1 aromatic carbocycles. The van der Waals surface area contributed by atoms with Gasteiger partial charge in [0.25, 0.3) is 0 Å². The number of esters is 1. The molecule has 2 aliphatic rings. The zero-order valence-corrected chi connectivity index (χ0v) is 13.6. The van der Waals surface area contributed by atoms with E-state index in [-0.39, 0.29) is 42.2 Å². The average molecular weight is 335 g/mol. The molecule has 2 heterocycles. The molecule has 0 radical (unpaired) electrons. The van der Waals surface area contributed by atoms with Crippen molar-refractivity contribution >= 4 is 11.9 Å². The van der Waals surface area contributed by atoms with Crippen LogP contribution in [0, 0.1) is 17.7 Å². The third kappa shape index (κ3) is 3.57. The van der Waals surface area contributed by atoms with Crippen LogP contribution in [0.5, 0.6) is 0 Å². The highest BCUT2D eigenvalue weighted by molar-refractivity contribution is 5.79. The summed E-state index contributed by atoms with van der Waals surface area (Å²) in [6.45, 7) is 3.98. The van der Waals surface area contributed by atoms with Crippen LogP contribution in [0.25, 0.3) is 0 Å². The number of hydrogen-bond donors (Lipinski definition) is 2. The van der Waals surface area contributed by atoms with E-state index in [4.69, 9.17) is 4.74 Å². The van der Waals surface area contributed by atoms with Gasteiger partial charge in [-0.2, -0.15) is 0 Å². The van der Waals surface area contributed by atoms with Crippen molar-refractivity contribution < 1.29 is 18.7 Å². The molecule has 0 saturated carbocycles. The lowest BCUT2D eigenvalue weighted by molar-refractivity contribution is -0.149. The number of benzene rings is 1. The summed E-state index contributed by atoms with van der Waals surface area (Å²) in [6.07, 6.45) is 0.434. The molecule has 3 atom stereocenters. The summed E-state index contributed by atoms with van der Waals surface area (Å²) in [6, 6.07) is 5.82. The summed E-state index contributed by atoms with van der Waals surface area (Å²) in [5, 5.41) is 0. The van der Waals surface area contributed by atoms with Crippen molar-refractivity contribution in [1.82, 2.24) is 15.8 Å². The molecule has 2 fully saturated rings. The Kier molecular flexibility index (Phi) is 5.11. The number of carbonyl (C=O) groups is 2. The maximum absolute atomic E-state index is 13.1. The summed E-state index contributed by atoms with van der Waals surface area (Å²) >= 11 is 0. The molecule has 1 amide bonds. The van der Waals surface area contributed by atoms with Gasteiger partial charge in [0.05, 0.1) is 18.6 Å². The molecule has 130 valence electrons. The smallest absolute Gasteiger partial charge is 0.312 e. The third-order valence-corrected chi connectivity index (χ3v) is 4.65. The highest BCUT2D eigenvalue weighted by Gasteiger charge is 2.36. The number of halogens is 1.